The van der Waals surface area contributed by atoms with Crippen molar-refractivity contribution >= 4 is 11.8 Å². The monoisotopic (exact) mass is 250 g/mol. The molecule has 0 bridgehead atoms. The van der Waals surface area contributed by atoms with E-state index in [2.05, 4.69) is 40.7 Å². The Bertz CT molecular complexity index is 309. The minimum atomic E-state index is 0.723. The summed E-state index contributed by atoms with van der Waals surface area (Å²) in [5.74, 6) is 1.11. The zero-order valence-electron chi connectivity index (χ0n) is 10.6. The Morgan fingerprint density at radius 1 is 1.24 bits per heavy atom. The summed E-state index contributed by atoms with van der Waals surface area (Å²) in [5.41, 5.74) is 1.38. The normalized spacial score (nSPS) is 19.1. The Morgan fingerprint density at radius 3 is 2.65 bits per heavy atom. The molecule has 2 nitrogen and oxygen atoms in total. The molecule has 1 saturated heterocycles. The predicted octanol–water partition coefficient (Wildman–Crippen LogP) is 3.19. The summed E-state index contributed by atoms with van der Waals surface area (Å²) in [4.78, 5) is 6.67. The molecular formula is C14H22N2S. The molecule has 94 valence electrons. The van der Waals surface area contributed by atoms with E-state index in [9.17, 15) is 0 Å². The highest BCUT2D eigenvalue weighted by Crippen LogP contribution is 2.19. The maximum Gasteiger partial charge on any atom is 0.0270 e. The number of nitrogens with zero attached hydrogens (tertiary/aromatic N) is 2. The van der Waals surface area contributed by atoms with E-state index in [1.54, 1.807) is 0 Å². The molecule has 0 N–H and O–H groups in total. The van der Waals surface area contributed by atoms with E-state index in [0.717, 1.165) is 11.0 Å². The van der Waals surface area contributed by atoms with Crippen molar-refractivity contribution < 1.29 is 0 Å². The quantitative estimate of drug-likeness (QED) is 0.798. The van der Waals surface area contributed by atoms with Gasteiger partial charge >= 0.3 is 0 Å². The fourth-order valence-corrected chi connectivity index (χ4v) is 3.26. The van der Waals surface area contributed by atoms with E-state index in [1.807, 2.05) is 12.4 Å². The molecule has 1 atom stereocenters. The molecule has 1 aromatic heterocycles. The number of thioether (sulfide) groups is 1. The summed E-state index contributed by atoms with van der Waals surface area (Å²) in [7, 11) is 0. The lowest BCUT2D eigenvalue weighted by Gasteiger charge is -2.28. The molecule has 0 spiro atoms. The fraction of sp³-hybridized carbons (Fsp3) is 0.643. The molecule has 2 rings (SSSR count). The molecule has 0 aromatic carbocycles. The zero-order valence-corrected chi connectivity index (χ0v) is 11.5. The second-order valence-corrected chi connectivity index (χ2v) is 6.27. The van der Waals surface area contributed by atoms with Crippen LogP contribution in [0.2, 0.25) is 0 Å². The minimum absolute atomic E-state index is 0.723. The third kappa shape index (κ3) is 4.68. The second kappa shape index (κ2) is 7.02. The fourth-order valence-electron chi connectivity index (χ4n) is 2.28. The number of pyridine rings is 1. The summed E-state index contributed by atoms with van der Waals surface area (Å²) in [6.07, 6.45) is 7.97. The van der Waals surface area contributed by atoms with Gasteiger partial charge in [0.1, 0.15) is 0 Å². The lowest BCUT2D eigenvalue weighted by Crippen LogP contribution is -2.34. The van der Waals surface area contributed by atoms with Gasteiger partial charge in [-0.1, -0.05) is 13.3 Å². The van der Waals surface area contributed by atoms with Crippen molar-refractivity contribution in [2.24, 2.45) is 0 Å². The van der Waals surface area contributed by atoms with Crippen LogP contribution in [0.4, 0.5) is 0 Å². The smallest absolute Gasteiger partial charge is 0.0270 e. The van der Waals surface area contributed by atoms with Gasteiger partial charge in [-0.2, -0.15) is 11.8 Å². The Morgan fingerprint density at radius 2 is 1.94 bits per heavy atom. The predicted molar refractivity (Wildman–Crippen MR) is 75.3 cm³/mol. The van der Waals surface area contributed by atoms with E-state index in [4.69, 9.17) is 0 Å². The van der Waals surface area contributed by atoms with Crippen molar-refractivity contribution in [3.8, 4) is 0 Å². The van der Waals surface area contributed by atoms with E-state index in [1.165, 1.54) is 44.5 Å². The number of likely N-dealkylation sites (tertiary alicyclic amines) is 1. The highest BCUT2D eigenvalue weighted by molar-refractivity contribution is 7.99. The molecule has 0 radical (unpaired) electrons. The standard InChI is InChI=1S/C14H22N2S/c1-13(11-16-9-3-2-4-10-16)17-12-14-5-7-15-8-6-14/h5-8,13H,2-4,9-12H2,1H3. The van der Waals surface area contributed by atoms with Crippen LogP contribution in [0.25, 0.3) is 0 Å². The summed E-state index contributed by atoms with van der Waals surface area (Å²) in [6.45, 7) is 6.20. The Hall–Kier alpha value is -0.540. The van der Waals surface area contributed by atoms with Crippen LogP contribution < -0.4 is 0 Å². The van der Waals surface area contributed by atoms with Gasteiger partial charge in [0.2, 0.25) is 0 Å². The molecule has 1 aromatic rings. The van der Waals surface area contributed by atoms with Gasteiger partial charge < -0.3 is 4.90 Å². The first-order chi connectivity index (χ1) is 8.34. The minimum Gasteiger partial charge on any atom is -0.302 e. The average molecular weight is 250 g/mol. The highest BCUT2D eigenvalue weighted by Gasteiger charge is 2.13. The molecule has 0 amide bonds. The molecule has 3 heteroatoms. The van der Waals surface area contributed by atoms with Crippen LogP contribution >= 0.6 is 11.8 Å². The van der Waals surface area contributed by atoms with Gasteiger partial charge in [-0.05, 0) is 43.6 Å². The number of hydrogen-bond donors (Lipinski definition) is 0. The van der Waals surface area contributed by atoms with Crippen LogP contribution in [0.15, 0.2) is 24.5 Å². The van der Waals surface area contributed by atoms with Crippen LogP contribution in [-0.2, 0) is 5.75 Å². The van der Waals surface area contributed by atoms with Crippen molar-refractivity contribution in [2.75, 3.05) is 19.6 Å². The Labute approximate surface area is 109 Å². The maximum atomic E-state index is 4.05. The van der Waals surface area contributed by atoms with Gasteiger partial charge in [-0.25, -0.2) is 0 Å². The molecule has 1 aliphatic rings. The van der Waals surface area contributed by atoms with Crippen molar-refractivity contribution in [1.29, 1.82) is 0 Å². The van der Waals surface area contributed by atoms with Crippen LogP contribution in [0.5, 0.6) is 0 Å². The van der Waals surface area contributed by atoms with Crippen molar-refractivity contribution in [1.82, 2.24) is 9.88 Å². The third-order valence-corrected chi connectivity index (χ3v) is 4.47. The third-order valence-electron chi connectivity index (χ3n) is 3.25. The zero-order chi connectivity index (χ0) is 11.9. The first-order valence-electron chi connectivity index (χ1n) is 6.57. The average Bonchev–Trinajstić information content (AvgIpc) is 2.39. The first kappa shape index (κ1) is 12.9. The molecule has 0 saturated carbocycles. The first-order valence-corrected chi connectivity index (χ1v) is 7.62. The molecule has 1 aliphatic heterocycles. The number of rotatable bonds is 5. The molecule has 2 heterocycles. The van der Waals surface area contributed by atoms with Crippen molar-refractivity contribution in [3.05, 3.63) is 30.1 Å². The Kier molecular flexibility index (Phi) is 5.33. The van der Waals surface area contributed by atoms with E-state index in [0.29, 0.717) is 0 Å². The van der Waals surface area contributed by atoms with Gasteiger partial charge in [-0.3, -0.25) is 4.98 Å². The largest absolute Gasteiger partial charge is 0.302 e. The molecule has 1 unspecified atom stereocenters. The SMILES string of the molecule is CC(CN1CCCCC1)SCc1ccncc1. The lowest BCUT2D eigenvalue weighted by atomic mass is 10.1. The number of aromatic nitrogens is 1. The van der Waals surface area contributed by atoms with Crippen molar-refractivity contribution in [2.45, 2.75) is 37.2 Å². The topological polar surface area (TPSA) is 16.1 Å². The van der Waals surface area contributed by atoms with Gasteiger partial charge in [0.05, 0.1) is 0 Å². The number of hydrogen-bond acceptors (Lipinski definition) is 3. The molecular weight excluding hydrogens is 228 g/mol. The summed E-state index contributed by atoms with van der Waals surface area (Å²) < 4.78 is 0. The van der Waals surface area contributed by atoms with Gasteiger partial charge in [0.15, 0.2) is 0 Å². The van der Waals surface area contributed by atoms with E-state index >= 15 is 0 Å². The van der Waals surface area contributed by atoms with Gasteiger partial charge in [0.25, 0.3) is 0 Å². The van der Waals surface area contributed by atoms with Gasteiger partial charge in [-0.15, -0.1) is 0 Å². The summed E-state index contributed by atoms with van der Waals surface area (Å²) in [5, 5.41) is 0.723. The van der Waals surface area contributed by atoms with Crippen LogP contribution in [0.3, 0.4) is 0 Å². The number of piperidine rings is 1. The van der Waals surface area contributed by atoms with Crippen LogP contribution in [0, 0.1) is 0 Å². The van der Waals surface area contributed by atoms with Crippen LogP contribution in [0.1, 0.15) is 31.7 Å². The second-order valence-electron chi connectivity index (χ2n) is 4.84. The van der Waals surface area contributed by atoms with Crippen LogP contribution in [-0.4, -0.2) is 34.8 Å². The highest BCUT2D eigenvalue weighted by atomic mass is 32.2. The van der Waals surface area contributed by atoms with E-state index < -0.39 is 0 Å². The maximum absolute atomic E-state index is 4.05. The Balaban J connectivity index is 1.68. The summed E-state index contributed by atoms with van der Waals surface area (Å²) >= 11 is 2.05. The molecule has 1 fully saturated rings. The molecule has 0 aliphatic carbocycles. The van der Waals surface area contributed by atoms with Crippen molar-refractivity contribution in [3.63, 3.8) is 0 Å². The van der Waals surface area contributed by atoms with Gasteiger partial charge in [0, 0.05) is 29.9 Å². The lowest BCUT2D eigenvalue weighted by molar-refractivity contribution is 0.232. The van der Waals surface area contributed by atoms with E-state index in [-0.39, 0.29) is 0 Å². The molecule has 17 heavy (non-hydrogen) atoms. The summed E-state index contributed by atoms with van der Waals surface area (Å²) in [6, 6.07) is 4.22.